The molecule has 1 N–H and O–H groups in total. The Kier molecular flexibility index (Phi) is 5.70. The molecule has 0 amide bonds. The van der Waals surface area contributed by atoms with E-state index in [1.165, 1.54) is 28.1 Å². The standard InChI is InChI=1S/C18H24O6/c1-10(19)16-14(22-3)9-15(23-4)17(18(16)21)12-7-5-6-8-13(12)24-11(2)20/h9,12-13,21H,5-8H2,1-4H3. The number of carbonyl (C=O) groups excluding carboxylic acids is 2. The van der Waals surface area contributed by atoms with E-state index in [1.54, 1.807) is 6.07 Å². The fourth-order valence-electron chi connectivity index (χ4n) is 3.45. The van der Waals surface area contributed by atoms with Crippen molar-refractivity contribution in [1.82, 2.24) is 0 Å². The highest BCUT2D eigenvalue weighted by Gasteiger charge is 2.35. The Hall–Kier alpha value is -2.24. The maximum Gasteiger partial charge on any atom is 0.302 e. The van der Waals surface area contributed by atoms with Crippen LogP contribution in [-0.2, 0) is 9.53 Å². The van der Waals surface area contributed by atoms with Crippen LogP contribution in [0.2, 0.25) is 0 Å². The molecule has 0 aliphatic heterocycles. The van der Waals surface area contributed by atoms with Crippen LogP contribution >= 0.6 is 0 Å². The summed E-state index contributed by atoms with van der Waals surface area (Å²) in [6.07, 6.45) is 3.02. The molecule has 0 radical (unpaired) electrons. The summed E-state index contributed by atoms with van der Waals surface area (Å²) in [4.78, 5) is 23.4. The van der Waals surface area contributed by atoms with Gasteiger partial charge in [-0.2, -0.15) is 0 Å². The Morgan fingerprint density at radius 1 is 1.08 bits per heavy atom. The van der Waals surface area contributed by atoms with Gasteiger partial charge in [-0.15, -0.1) is 0 Å². The molecule has 0 bridgehead atoms. The summed E-state index contributed by atoms with van der Waals surface area (Å²) in [5.41, 5.74) is 0.634. The zero-order valence-corrected chi connectivity index (χ0v) is 14.5. The minimum Gasteiger partial charge on any atom is -0.507 e. The number of hydrogen-bond acceptors (Lipinski definition) is 6. The SMILES string of the molecule is COc1cc(OC)c(C2CCCCC2OC(C)=O)c(O)c1C(C)=O. The van der Waals surface area contributed by atoms with Crippen LogP contribution in [0.5, 0.6) is 17.2 Å². The second-order valence-corrected chi connectivity index (χ2v) is 6.01. The summed E-state index contributed by atoms with van der Waals surface area (Å²) < 4.78 is 16.1. The third kappa shape index (κ3) is 3.47. The van der Waals surface area contributed by atoms with Gasteiger partial charge >= 0.3 is 5.97 Å². The van der Waals surface area contributed by atoms with Crippen LogP contribution in [0.15, 0.2) is 6.07 Å². The van der Waals surface area contributed by atoms with Crippen LogP contribution in [0.25, 0.3) is 0 Å². The Morgan fingerprint density at radius 2 is 1.71 bits per heavy atom. The molecule has 2 rings (SSSR count). The van der Waals surface area contributed by atoms with Gasteiger partial charge < -0.3 is 19.3 Å². The van der Waals surface area contributed by atoms with Crippen molar-refractivity contribution in [2.24, 2.45) is 0 Å². The van der Waals surface area contributed by atoms with Crippen molar-refractivity contribution in [3.63, 3.8) is 0 Å². The number of methoxy groups -OCH3 is 2. The average Bonchev–Trinajstić information content (AvgIpc) is 2.53. The number of benzene rings is 1. The van der Waals surface area contributed by atoms with Crippen LogP contribution < -0.4 is 9.47 Å². The van der Waals surface area contributed by atoms with Crippen molar-refractivity contribution >= 4 is 11.8 Å². The summed E-state index contributed by atoms with van der Waals surface area (Å²) in [7, 11) is 2.93. The van der Waals surface area contributed by atoms with Crippen molar-refractivity contribution < 1.29 is 28.9 Å². The Bertz CT molecular complexity index is 637. The first-order chi connectivity index (χ1) is 11.4. The minimum absolute atomic E-state index is 0.125. The third-order valence-electron chi connectivity index (χ3n) is 4.45. The quantitative estimate of drug-likeness (QED) is 0.657. The first-order valence-corrected chi connectivity index (χ1v) is 8.06. The number of phenols is 1. The van der Waals surface area contributed by atoms with E-state index < -0.39 is 0 Å². The number of ether oxygens (including phenoxy) is 3. The molecule has 1 aromatic carbocycles. The number of rotatable bonds is 5. The topological polar surface area (TPSA) is 82.1 Å². The molecule has 1 fully saturated rings. The van der Waals surface area contributed by atoms with Crippen molar-refractivity contribution in [3.05, 3.63) is 17.2 Å². The van der Waals surface area contributed by atoms with E-state index in [4.69, 9.17) is 14.2 Å². The smallest absolute Gasteiger partial charge is 0.302 e. The Morgan fingerprint density at radius 3 is 2.25 bits per heavy atom. The zero-order chi connectivity index (χ0) is 17.9. The van der Waals surface area contributed by atoms with E-state index in [1.807, 2.05) is 0 Å². The number of aromatic hydroxyl groups is 1. The van der Waals surface area contributed by atoms with Gasteiger partial charge in [0.05, 0.1) is 14.2 Å². The lowest BCUT2D eigenvalue weighted by Crippen LogP contribution is -2.28. The summed E-state index contributed by atoms with van der Waals surface area (Å²) in [6.45, 7) is 2.75. The number of hydrogen-bond donors (Lipinski definition) is 1. The van der Waals surface area contributed by atoms with Crippen LogP contribution in [0, 0.1) is 0 Å². The highest BCUT2D eigenvalue weighted by atomic mass is 16.5. The molecule has 0 heterocycles. The molecule has 2 atom stereocenters. The van der Waals surface area contributed by atoms with Gasteiger partial charge in [-0.1, -0.05) is 6.42 Å². The molecule has 0 spiro atoms. The highest BCUT2D eigenvalue weighted by molar-refractivity contribution is 6.00. The summed E-state index contributed by atoms with van der Waals surface area (Å²) in [5.74, 6) is -0.332. The normalized spacial score (nSPS) is 20.3. The van der Waals surface area contributed by atoms with E-state index >= 15 is 0 Å². The first kappa shape index (κ1) is 18.1. The fraction of sp³-hybridized carbons (Fsp3) is 0.556. The molecule has 1 aromatic rings. The molecule has 2 unspecified atom stereocenters. The second kappa shape index (κ2) is 7.55. The zero-order valence-electron chi connectivity index (χ0n) is 14.5. The molecule has 6 heteroatoms. The van der Waals surface area contributed by atoms with Crippen molar-refractivity contribution in [1.29, 1.82) is 0 Å². The van der Waals surface area contributed by atoms with Gasteiger partial charge in [0.25, 0.3) is 0 Å². The van der Waals surface area contributed by atoms with E-state index in [2.05, 4.69) is 0 Å². The predicted octanol–water partition coefficient (Wildman–Crippen LogP) is 3.20. The van der Waals surface area contributed by atoms with Crippen LogP contribution in [0.4, 0.5) is 0 Å². The fourth-order valence-corrected chi connectivity index (χ4v) is 3.45. The van der Waals surface area contributed by atoms with Gasteiger partial charge in [0, 0.05) is 24.5 Å². The summed E-state index contributed by atoms with van der Waals surface area (Å²) in [5, 5.41) is 10.8. The second-order valence-electron chi connectivity index (χ2n) is 6.01. The van der Waals surface area contributed by atoms with E-state index in [0.29, 0.717) is 17.7 Å². The molecule has 1 saturated carbocycles. The van der Waals surface area contributed by atoms with Crippen LogP contribution in [-0.4, -0.2) is 37.2 Å². The maximum absolute atomic E-state index is 12.0. The largest absolute Gasteiger partial charge is 0.507 e. The number of phenolic OH excluding ortho intramolecular Hbond substituents is 1. The first-order valence-electron chi connectivity index (χ1n) is 8.06. The van der Waals surface area contributed by atoms with Gasteiger partial charge in [-0.25, -0.2) is 0 Å². The average molecular weight is 336 g/mol. The summed E-state index contributed by atoms with van der Waals surface area (Å²) in [6, 6.07) is 1.60. The predicted molar refractivity (Wildman–Crippen MR) is 88.0 cm³/mol. The lowest BCUT2D eigenvalue weighted by Gasteiger charge is -2.33. The number of Topliss-reactive ketones (excluding diaryl/α,β-unsaturated/α-hetero) is 1. The molecule has 0 saturated heterocycles. The summed E-state index contributed by atoms with van der Waals surface area (Å²) >= 11 is 0. The molecule has 24 heavy (non-hydrogen) atoms. The third-order valence-corrected chi connectivity index (χ3v) is 4.45. The van der Waals surface area contributed by atoms with E-state index in [-0.39, 0.29) is 40.8 Å². The lowest BCUT2D eigenvalue weighted by molar-refractivity contribution is -0.148. The minimum atomic E-state index is -0.356. The molecule has 1 aliphatic rings. The Labute approximate surface area is 141 Å². The van der Waals surface area contributed by atoms with Gasteiger partial charge in [-0.3, -0.25) is 9.59 Å². The van der Waals surface area contributed by atoms with E-state index in [0.717, 1.165) is 19.3 Å². The van der Waals surface area contributed by atoms with Crippen molar-refractivity contribution in [2.45, 2.75) is 51.6 Å². The van der Waals surface area contributed by atoms with Crippen LogP contribution in [0.1, 0.15) is 61.4 Å². The van der Waals surface area contributed by atoms with Gasteiger partial charge in [-0.05, 0) is 26.2 Å². The highest BCUT2D eigenvalue weighted by Crippen LogP contribution is 2.47. The van der Waals surface area contributed by atoms with Crippen molar-refractivity contribution in [3.8, 4) is 17.2 Å². The Balaban J connectivity index is 2.59. The molecular formula is C18H24O6. The van der Waals surface area contributed by atoms with Gasteiger partial charge in [0.15, 0.2) is 5.78 Å². The molecule has 0 aromatic heterocycles. The molecule has 132 valence electrons. The van der Waals surface area contributed by atoms with E-state index in [9.17, 15) is 14.7 Å². The number of ketones is 1. The van der Waals surface area contributed by atoms with Gasteiger partial charge in [0.2, 0.25) is 0 Å². The van der Waals surface area contributed by atoms with Gasteiger partial charge in [0.1, 0.15) is 28.9 Å². The number of esters is 1. The molecule has 1 aliphatic carbocycles. The molecular weight excluding hydrogens is 312 g/mol. The van der Waals surface area contributed by atoms with Crippen LogP contribution in [0.3, 0.4) is 0 Å². The monoisotopic (exact) mass is 336 g/mol. The lowest BCUT2D eigenvalue weighted by atomic mass is 9.79. The molecule has 6 nitrogen and oxygen atoms in total. The van der Waals surface area contributed by atoms with Crippen molar-refractivity contribution in [2.75, 3.05) is 14.2 Å². The maximum atomic E-state index is 12.0. The number of carbonyl (C=O) groups is 2.